The predicted octanol–water partition coefficient (Wildman–Crippen LogP) is 4.36. The van der Waals surface area contributed by atoms with E-state index < -0.39 is 0 Å². The first kappa shape index (κ1) is 14.7. The van der Waals surface area contributed by atoms with E-state index in [-0.39, 0.29) is 10.6 Å². The molecule has 1 aromatic rings. The first-order valence-corrected chi connectivity index (χ1v) is 8.16. The number of nitrogens with zero attached hydrogens (tertiary/aromatic N) is 1. The van der Waals surface area contributed by atoms with Crippen molar-refractivity contribution < 1.29 is 4.92 Å². The maximum absolute atomic E-state index is 11.0. The molecule has 1 saturated heterocycles. The molecule has 0 saturated carbocycles. The predicted molar refractivity (Wildman–Crippen MR) is 84.1 cm³/mol. The minimum atomic E-state index is -0.327. The lowest BCUT2D eigenvalue weighted by molar-refractivity contribution is -0.385. The van der Waals surface area contributed by atoms with Gasteiger partial charge in [-0.3, -0.25) is 10.1 Å². The molecule has 104 valence electrons. The molecular weight excluding hydrogens is 328 g/mol. The van der Waals surface area contributed by atoms with Gasteiger partial charge in [-0.1, -0.05) is 6.92 Å². The van der Waals surface area contributed by atoms with Crippen molar-refractivity contribution in [2.24, 2.45) is 0 Å². The van der Waals surface area contributed by atoms with Gasteiger partial charge in [-0.15, -0.1) is 0 Å². The fourth-order valence-electron chi connectivity index (χ4n) is 2.28. The zero-order valence-electron chi connectivity index (χ0n) is 11.0. The zero-order chi connectivity index (χ0) is 14.0. The molecule has 0 amide bonds. The largest absolute Gasteiger partial charge is 0.380 e. The number of benzene rings is 1. The van der Waals surface area contributed by atoms with Crippen LogP contribution in [0.4, 0.5) is 11.4 Å². The van der Waals surface area contributed by atoms with Crippen LogP contribution in [0.15, 0.2) is 16.6 Å². The van der Waals surface area contributed by atoms with Gasteiger partial charge in [-0.05, 0) is 47.5 Å². The summed E-state index contributed by atoms with van der Waals surface area (Å²) < 4.78 is 0.887. The summed E-state index contributed by atoms with van der Waals surface area (Å²) in [5.74, 6) is 1.20. The molecule has 1 aliphatic rings. The molecule has 2 atom stereocenters. The summed E-state index contributed by atoms with van der Waals surface area (Å²) in [7, 11) is 0. The summed E-state index contributed by atoms with van der Waals surface area (Å²) >= 11 is 5.44. The van der Waals surface area contributed by atoms with Crippen LogP contribution in [0.1, 0.15) is 25.3 Å². The van der Waals surface area contributed by atoms with E-state index in [1.54, 1.807) is 19.1 Å². The first-order chi connectivity index (χ1) is 8.99. The van der Waals surface area contributed by atoms with Gasteiger partial charge in [0, 0.05) is 27.4 Å². The lowest BCUT2D eigenvalue weighted by Crippen LogP contribution is -2.32. The molecule has 6 heteroatoms. The van der Waals surface area contributed by atoms with Crippen LogP contribution in [-0.2, 0) is 0 Å². The Balaban J connectivity index is 2.24. The fourth-order valence-corrected chi connectivity index (χ4v) is 4.00. The Labute approximate surface area is 125 Å². The third-order valence-electron chi connectivity index (χ3n) is 3.43. The van der Waals surface area contributed by atoms with E-state index >= 15 is 0 Å². The van der Waals surface area contributed by atoms with Gasteiger partial charge < -0.3 is 5.32 Å². The van der Waals surface area contributed by atoms with Crippen molar-refractivity contribution in [1.29, 1.82) is 0 Å². The van der Waals surface area contributed by atoms with E-state index in [1.807, 2.05) is 11.8 Å². The van der Waals surface area contributed by atoms with Crippen molar-refractivity contribution >= 4 is 39.1 Å². The van der Waals surface area contributed by atoms with Crippen LogP contribution in [0.3, 0.4) is 0 Å². The van der Waals surface area contributed by atoms with Crippen molar-refractivity contribution in [3.8, 4) is 0 Å². The molecule has 1 N–H and O–H groups in total. The monoisotopic (exact) mass is 344 g/mol. The smallest absolute Gasteiger partial charge is 0.274 e. The third kappa shape index (κ3) is 3.42. The summed E-state index contributed by atoms with van der Waals surface area (Å²) in [5.41, 5.74) is 1.66. The minimum absolute atomic E-state index is 0.168. The Hall–Kier alpha value is -0.750. The van der Waals surface area contributed by atoms with E-state index in [0.717, 1.165) is 16.6 Å². The lowest BCUT2D eigenvalue weighted by Gasteiger charge is -2.30. The van der Waals surface area contributed by atoms with Crippen molar-refractivity contribution in [3.63, 3.8) is 0 Å². The van der Waals surface area contributed by atoms with E-state index in [4.69, 9.17) is 0 Å². The van der Waals surface area contributed by atoms with Crippen LogP contribution in [0.5, 0.6) is 0 Å². The number of nitro benzene ring substituents is 1. The molecule has 1 fully saturated rings. The molecule has 0 aliphatic carbocycles. The van der Waals surface area contributed by atoms with Crippen molar-refractivity contribution in [1.82, 2.24) is 0 Å². The summed E-state index contributed by atoms with van der Waals surface area (Å²) in [4.78, 5) is 10.7. The molecule has 2 rings (SSSR count). The minimum Gasteiger partial charge on any atom is -0.380 e. The molecule has 1 aromatic carbocycles. The Kier molecular flexibility index (Phi) is 4.73. The molecular formula is C13H17BrN2O2S. The Morgan fingerprint density at radius 1 is 1.53 bits per heavy atom. The summed E-state index contributed by atoms with van der Waals surface area (Å²) in [6.07, 6.45) is 2.31. The lowest BCUT2D eigenvalue weighted by atomic mass is 10.1. The van der Waals surface area contributed by atoms with Crippen LogP contribution in [0.25, 0.3) is 0 Å². The van der Waals surface area contributed by atoms with Crippen LogP contribution in [0.2, 0.25) is 0 Å². The first-order valence-electron chi connectivity index (χ1n) is 6.31. The summed E-state index contributed by atoms with van der Waals surface area (Å²) in [6, 6.07) is 3.81. The fraction of sp³-hybridized carbons (Fsp3) is 0.538. The average Bonchev–Trinajstić information content (AvgIpc) is 2.34. The summed E-state index contributed by atoms with van der Waals surface area (Å²) in [5, 5.41) is 15.0. The highest BCUT2D eigenvalue weighted by molar-refractivity contribution is 9.10. The number of rotatable bonds is 3. The SMILES string of the molecule is Cc1cc(Br)c(NC2CCCSC2C)cc1[N+](=O)[O-]. The maximum Gasteiger partial charge on any atom is 0.274 e. The number of hydrogen-bond donors (Lipinski definition) is 1. The van der Waals surface area contributed by atoms with Crippen LogP contribution in [-0.4, -0.2) is 22.0 Å². The van der Waals surface area contributed by atoms with E-state index in [1.165, 1.54) is 12.2 Å². The van der Waals surface area contributed by atoms with Gasteiger partial charge in [0.05, 0.1) is 10.6 Å². The third-order valence-corrected chi connectivity index (χ3v) is 5.46. The van der Waals surface area contributed by atoms with Gasteiger partial charge in [0.1, 0.15) is 0 Å². The topological polar surface area (TPSA) is 55.2 Å². The van der Waals surface area contributed by atoms with Crippen molar-refractivity contribution in [3.05, 3.63) is 32.3 Å². The van der Waals surface area contributed by atoms with Gasteiger partial charge in [0.2, 0.25) is 0 Å². The number of anilines is 1. The Morgan fingerprint density at radius 2 is 2.26 bits per heavy atom. The quantitative estimate of drug-likeness (QED) is 0.653. The number of hydrogen-bond acceptors (Lipinski definition) is 4. The molecule has 1 aliphatic heterocycles. The highest BCUT2D eigenvalue weighted by Gasteiger charge is 2.23. The average molecular weight is 345 g/mol. The second kappa shape index (κ2) is 6.13. The number of nitro groups is 1. The number of nitrogens with one attached hydrogen (secondary N) is 1. The Bertz CT molecular complexity index is 496. The second-order valence-corrected chi connectivity index (χ2v) is 7.18. The maximum atomic E-state index is 11.0. The van der Waals surface area contributed by atoms with E-state index in [2.05, 4.69) is 28.2 Å². The summed E-state index contributed by atoms with van der Waals surface area (Å²) in [6.45, 7) is 3.96. The molecule has 0 bridgehead atoms. The highest BCUT2D eigenvalue weighted by atomic mass is 79.9. The zero-order valence-corrected chi connectivity index (χ0v) is 13.4. The van der Waals surface area contributed by atoms with Crippen LogP contribution in [0, 0.1) is 17.0 Å². The molecule has 19 heavy (non-hydrogen) atoms. The molecule has 2 unspecified atom stereocenters. The van der Waals surface area contributed by atoms with Gasteiger partial charge >= 0.3 is 0 Å². The van der Waals surface area contributed by atoms with Gasteiger partial charge in [0.25, 0.3) is 5.69 Å². The van der Waals surface area contributed by atoms with Gasteiger partial charge in [-0.25, -0.2) is 0 Å². The molecule has 1 heterocycles. The van der Waals surface area contributed by atoms with E-state index in [0.29, 0.717) is 16.9 Å². The van der Waals surface area contributed by atoms with E-state index in [9.17, 15) is 10.1 Å². The highest BCUT2D eigenvalue weighted by Crippen LogP contribution is 2.34. The van der Waals surface area contributed by atoms with Crippen molar-refractivity contribution in [2.45, 2.75) is 38.0 Å². The van der Waals surface area contributed by atoms with Crippen LogP contribution >= 0.6 is 27.7 Å². The van der Waals surface area contributed by atoms with Gasteiger partial charge in [-0.2, -0.15) is 11.8 Å². The normalized spacial score (nSPS) is 23.1. The Morgan fingerprint density at radius 3 is 2.89 bits per heavy atom. The second-order valence-electron chi connectivity index (χ2n) is 4.84. The standard InChI is InChI=1S/C13H17BrN2O2S/c1-8-6-10(14)12(7-13(8)16(17)18)15-11-4-3-5-19-9(11)2/h6-7,9,11,15H,3-5H2,1-2H3. The number of aryl methyl sites for hydroxylation is 1. The van der Waals surface area contributed by atoms with Gasteiger partial charge in [0.15, 0.2) is 0 Å². The van der Waals surface area contributed by atoms with Crippen LogP contribution < -0.4 is 5.32 Å². The number of thioether (sulfide) groups is 1. The molecule has 0 aromatic heterocycles. The van der Waals surface area contributed by atoms with Crippen molar-refractivity contribution in [2.75, 3.05) is 11.1 Å². The molecule has 4 nitrogen and oxygen atoms in total. The number of halogens is 1. The molecule has 0 radical (unpaired) electrons. The molecule has 0 spiro atoms.